The number of carbonyl (C=O) groups is 1. The van der Waals surface area contributed by atoms with Gasteiger partial charge in [-0.1, -0.05) is 36.7 Å². The molecule has 0 saturated carbocycles. The van der Waals surface area contributed by atoms with Crippen molar-refractivity contribution in [3.8, 4) is 0 Å². The summed E-state index contributed by atoms with van der Waals surface area (Å²) in [6.07, 6.45) is 0. The molecule has 0 unspecified atom stereocenters. The van der Waals surface area contributed by atoms with Crippen molar-refractivity contribution in [1.82, 2.24) is 9.55 Å². The summed E-state index contributed by atoms with van der Waals surface area (Å²) < 4.78 is 2.54. The van der Waals surface area contributed by atoms with E-state index in [4.69, 9.17) is 5.11 Å². The minimum atomic E-state index is -1.01. The first kappa shape index (κ1) is 13.1. The average Bonchev–Trinajstić information content (AvgIpc) is 2.54. The number of carboxylic acids is 1. The Morgan fingerprint density at radius 1 is 1.39 bits per heavy atom. The third kappa shape index (κ3) is 2.03. The first-order valence-electron chi connectivity index (χ1n) is 5.61. The predicted molar refractivity (Wildman–Crippen MR) is 74.1 cm³/mol. The molecule has 1 aromatic carbocycles. The SMILES string of the molecule is Cn1c(C(=O)O)nc2c(C(C)(C)C)cc(Br)cc21. The molecule has 0 saturated heterocycles. The quantitative estimate of drug-likeness (QED) is 0.879. The lowest BCUT2D eigenvalue weighted by Crippen LogP contribution is -2.12. The van der Waals surface area contributed by atoms with Gasteiger partial charge in [-0.2, -0.15) is 0 Å². The van der Waals surface area contributed by atoms with Crippen LogP contribution < -0.4 is 0 Å². The molecule has 0 spiro atoms. The Labute approximate surface area is 114 Å². The van der Waals surface area contributed by atoms with Crippen molar-refractivity contribution in [3.63, 3.8) is 0 Å². The van der Waals surface area contributed by atoms with Gasteiger partial charge < -0.3 is 9.67 Å². The fourth-order valence-corrected chi connectivity index (χ4v) is 2.46. The Morgan fingerprint density at radius 2 is 2.00 bits per heavy atom. The van der Waals surface area contributed by atoms with Crippen molar-refractivity contribution in [2.75, 3.05) is 0 Å². The molecular formula is C13H15BrN2O2. The van der Waals surface area contributed by atoms with E-state index in [0.29, 0.717) is 0 Å². The molecule has 1 N–H and O–H groups in total. The minimum absolute atomic E-state index is 0.0635. The van der Waals surface area contributed by atoms with E-state index in [1.54, 1.807) is 11.6 Å². The Morgan fingerprint density at radius 3 is 2.50 bits per heavy atom. The highest BCUT2D eigenvalue weighted by atomic mass is 79.9. The third-order valence-corrected chi connectivity index (χ3v) is 3.41. The first-order chi connectivity index (χ1) is 8.21. The molecule has 0 atom stereocenters. The molecule has 0 aliphatic carbocycles. The molecule has 4 nitrogen and oxygen atoms in total. The van der Waals surface area contributed by atoms with Crippen molar-refractivity contribution in [1.29, 1.82) is 0 Å². The van der Waals surface area contributed by atoms with Crippen LogP contribution in [0.15, 0.2) is 16.6 Å². The van der Waals surface area contributed by atoms with E-state index >= 15 is 0 Å². The number of aryl methyl sites for hydroxylation is 1. The van der Waals surface area contributed by atoms with E-state index in [1.807, 2.05) is 12.1 Å². The van der Waals surface area contributed by atoms with Gasteiger partial charge in [0.05, 0.1) is 11.0 Å². The zero-order chi connectivity index (χ0) is 13.7. The Balaban J connectivity index is 2.89. The number of hydrogen-bond acceptors (Lipinski definition) is 2. The summed E-state index contributed by atoms with van der Waals surface area (Å²) in [4.78, 5) is 15.4. The Kier molecular flexibility index (Phi) is 2.97. The van der Waals surface area contributed by atoms with Crippen LogP contribution in [0.1, 0.15) is 37.0 Å². The lowest BCUT2D eigenvalue weighted by atomic mass is 9.86. The summed E-state index contributed by atoms with van der Waals surface area (Å²) in [7, 11) is 1.72. The second-order valence-corrected chi connectivity index (χ2v) is 6.29. The van der Waals surface area contributed by atoms with Gasteiger partial charge in [0, 0.05) is 11.5 Å². The summed E-state index contributed by atoms with van der Waals surface area (Å²) in [5.74, 6) is -0.946. The maximum atomic E-state index is 11.1. The number of carboxylic acid groups (broad SMARTS) is 1. The minimum Gasteiger partial charge on any atom is -0.475 e. The Hall–Kier alpha value is -1.36. The molecule has 2 rings (SSSR count). The second kappa shape index (κ2) is 4.09. The maximum absolute atomic E-state index is 11.1. The largest absolute Gasteiger partial charge is 0.475 e. The maximum Gasteiger partial charge on any atom is 0.372 e. The predicted octanol–water partition coefficient (Wildman–Crippen LogP) is 3.33. The molecule has 0 aliphatic rings. The normalized spacial score (nSPS) is 12.1. The number of fused-ring (bicyclic) bond motifs is 1. The number of imidazole rings is 1. The van der Waals surface area contributed by atoms with Crippen molar-refractivity contribution >= 4 is 32.9 Å². The smallest absolute Gasteiger partial charge is 0.372 e. The van der Waals surface area contributed by atoms with Gasteiger partial charge in [0.2, 0.25) is 5.82 Å². The van der Waals surface area contributed by atoms with Crippen LogP contribution in [-0.4, -0.2) is 20.6 Å². The van der Waals surface area contributed by atoms with E-state index in [0.717, 1.165) is 21.1 Å². The van der Waals surface area contributed by atoms with Gasteiger partial charge in [0.1, 0.15) is 0 Å². The van der Waals surface area contributed by atoms with Gasteiger partial charge in [0.15, 0.2) is 0 Å². The van der Waals surface area contributed by atoms with Crippen molar-refractivity contribution in [2.45, 2.75) is 26.2 Å². The summed E-state index contributed by atoms with van der Waals surface area (Å²) in [5.41, 5.74) is 2.53. The first-order valence-corrected chi connectivity index (χ1v) is 6.41. The van der Waals surface area contributed by atoms with E-state index in [2.05, 4.69) is 41.7 Å². The van der Waals surface area contributed by atoms with Gasteiger partial charge in [-0.15, -0.1) is 0 Å². The Bertz CT molecular complexity index is 638. The molecule has 0 fully saturated rings. The fourth-order valence-electron chi connectivity index (χ4n) is 2.02. The molecule has 1 heterocycles. The second-order valence-electron chi connectivity index (χ2n) is 5.37. The molecule has 0 amide bonds. The van der Waals surface area contributed by atoms with Gasteiger partial charge in [-0.3, -0.25) is 0 Å². The summed E-state index contributed by atoms with van der Waals surface area (Å²) in [5, 5.41) is 9.13. The third-order valence-electron chi connectivity index (χ3n) is 2.95. The molecule has 18 heavy (non-hydrogen) atoms. The van der Waals surface area contributed by atoms with Crippen LogP contribution in [0.25, 0.3) is 11.0 Å². The van der Waals surface area contributed by atoms with Crippen LogP contribution in [0.4, 0.5) is 0 Å². The van der Waals surface area contributed by atoms with Gasteiger partial charge in [-0.25, -0.2) is 9.78 Å². The van der Waals surface area contributed by atoms with Crippen molar-refractivity contribution in [2.24, 2.45) is 7.05 Å². The number of nitrogens with zero attached hydrogens (tertiary/aromatic N) is 2. The van der Waals surface area contributed by atoms with Crippen LogP contribution >= 0.6 is 15.9 Å². The number of aromatic carboxylic acids is 1. The van der Waals surface area contributed by atoms with Crippen LogP contribution in [-0.2, 0) is 12.5 Å². The summed E-state index contributed by atoms with van der Waals surface area (Å²) >= 11 is 3.47. The van der Waals surface area contributed by atoms with Crippen molar-refractivity contribution < 1.29 is 9.90 Å². The fraction of sp³-hybridized carbons (Fsp3) is 0.385. The highest BCUT2D eigenvalue weighted by Gasteiger charge is 2.23. The van der Waals surface area contributed by atoms with Gasteiger partial charge in [0.25, 0.3) is 0 Å². The molecule has 2 aromatic rings. The number of benzene rings is 1. The van der Waals surface area contributed by atoms with Crippen LogP contribution in [0.3, 0.4) is 0 Å². The monoisotopic (exact) mass is 310 g/mol. The molecule has 1 aromatic heterocycles. The summed E-state index contributed by atoms with van der Waals surface area (Å²) in [6.45, 7) is 6.26. The number of aromatic nitrogens is 2. The van der Waals surface area contributed by atoms with Crippen LogP contribution in [0, 0.1) is 0 Å². The topological polar surface area (TPSA) is 55.1 Å². The molecule has 0 bridgehead atoms. The van der Waals surface area contributed by atoms with E-state index < -0.39 is 5.97 Å². The highest BCUT2D eigenvalue weighted by Crippen LogP contribution is 2.32. The summed E-state index contributed by atoms with van der Waals surface area (Å²) in [6, 6.07) is 3.89. The molecule has 5 heteroatoms. The van der Waals surface area contributed by atoms with E-state index in [9.17, 15) is 4.79 Å². The lowest BCUT2D eigenvalue weighted by molar-refractivity contribution is 0.0680. The van der Waals surface area contributed by atoms with E-state index in [-0.39, 0.29) is 11.2 Å². The highest BCUT2D eigenvalue weighted by molar-refractivity contribution is 9.10. The zero-order valence-electron chi connectivity index (χ0n) is 10.8. The standard InChI is InChI=1S/C13H15BrN2O2/c1-13(2,3)8-5-7(14)6-9-10(8)15-11(12(17)18)16(9)4/h5-6H,1-4H3,(H,17,18). The van der Waals surface area contributed by atoms with Crippen LogP contribution in [0.2, 0.25) is 0 Å². The number of halogens is 1. The molecule has 96 valence electrons. The molecule has 0 radical (unpaired) electrons. The molecule has 0 aliphatic heterocycles. The lowest BCUT2D eigenvalue weighted by Gasteiger charge is -2.19. The average molecular weight is 311 g/mol. The number of hydrogen-bond donors (Lipinski definition) is 1. The molecular weight excluding hydrogens is 296 g/mol. The van der Waals surface area contributed by atoms with Crippen LogP contribution in [0.5, 0.6) is 0 Å². The van der Waals surface area contributed by atoms with E-state index in [1.165, 1.54) is 0 Å². The van der Waals surface area contributed by atoms with Gasteiger partial charge in [-0.05, 0) is 23.1 Å². The zero-order valence-corrected chi connectivity index (χ0v) is 12.4. The number of rotatable bonds is 1. The van der Waals surface area contributed by atoms with Crippen molar-refractivity contribution in [3.05, 3.63) is 28.0 Å². The van der Waals surface area contributed by atoms with Gasteiger partial charge >= 0.3 is 5.97 Å².